The van der Waals surface area contributed by atoms with Crippen LogP contribution in [0.15, 0.2) is 40.7 Å². The summed E-state index contributed by atoms with van der Waals surface area (Å²) in [5.41, 5.74) is 0. The van der Waals surface area contributed by atoms with E-state index in [1.54, 1.807) is 5.38 Å². The van der Waals surface area contributed by atoms with Gasteiger partial charge >= 0.3 is 0 Å². The summed E-state index contributed by atoms with van der Waals surface area (Å²) in [4.78, 5) is 15.8. The first-order chi connectivity index (χ1) is 11.0. The number of thiazole rings is 1. The molecule has 0 aliphatic heterocycles. The molecule has 124 valence electrons. The molecule has 8 nitrogen and oxygen atoms in total. The number of methoxy groups -OCH3 is 1. The molecule has 0 fully saturated rings. The van der Waals surface area contributed by atoms with E-state index in [0.29, 0.717) is 10.9 Å². The van der Waals surface area contributed by atoms with Gasteiger partial charge in [-0.1, -0.05) is 0 Å². The zero-order chi connectivity index (χ0) is 16.9. The highest BCUT2D eigenvalue weighted by atomic mass is 32.2. The molecule has 10 heteroatoms. The third-order valence-electron chi connectivity index (χ3n) is 2.83. The van der Waals surface area contributed by atoms with Crippen LogP contribution in [-0.2, 0) is 14.8 Å². The second kappa shape index (κ2) is 7.51. The molecule has 0 aliphatic carbocycles. The molecule has 0 bridgehead atoms. The summed E-state index contributed by atoms with van der Waals surface area (Å²) in [6.45, 7) is -0.688. The van der Waals surface area contributed by atoms with Crippen LogP contribution in [0.3, 0.4) is 0 Å². The Hall–Kier alpha value is -2.01. The van der Waals surface area contributed by atoms with Crippen molar-refractivity contribution in [2.45, 2.75) is 10.9 Å². The fraction of sp³-hybridized carbons (Fsp3) is 0.231. The molecule has 2 aromatic rings. The SMILES string of the molecule is COc1ccc(S(=O)(=O)NC(CO)C(=O)Nc2nccs2)cc1. The lowest BCUT2D eigenvalue weighted by atomic mass is 10.3. The second-order valence-corrected chi connectivity index (χ2v) is 6.97. The molecule has 0 aliphatic rings. The van der Waals surface area contributed by atoms with Crippen LogP contribution in [0.25, 0.3) is 0 Å². The van der Waals surface area contributed by atoms with Gasteiger partial charge in [0, 0.05) is 11.6 Å². The Kier molecular flexibility index (Phi) is 5.66. The van der Waals surface area contributed by atoms with Gasteiger partial charge < -0.3 is 15.2 Å². The zero-order valence-electron chi connectivity index (χ0n) is 12.1. The van der Waals surface area contributed by atoms with Crippen molar-refractivity contribution in [1.82, 2.24) is 9.71 Å². The molecule has 1 unspecified atom stereocenters. The summed E-state index contributed by atoms with van der Waals surface area (Å²) in [5, 5.41) is 13.7. The number of benzene rings is 1. The van der Waals surface area contributed by atoms with Crippen molar-refractivity contribution < 1.29 is 23.1 Å². The second-order valence-electron chi connectivity index (χ2n) is 4.36. The van der Waals surface area contributed by atoms with E-state index in [0.717, 1.165) is 0 Å². The fourth-order valence-electron chi connectivity index (χ4n) is 1.66. The molecule has 0 saturated heterocycles. The van der Waals surface area contributed by atoms with Crippen LogP contribution in [-0.4, -0.2) is 44.2 Å². The van der Waals surface area contributed by atoms with E-state index in [4.69, 9.17) is 4.74 Å². The monoisotopic (exact) mass is 357 g/mol. The molecule has 2 rings (SSSR count). The minimum atomic E-state index is -3.96. The predicted octanol–water partition coefficient (Wildman–Crippen LogP) is 0.430. The van der Waals surface area contributed by atoms with Crippen LogP contribution in [0.4, 0.5) is 5.13 Å². The van der Waals surface area contributed by atoms with Gasteiger partial charge in [-0.3, -0.25) is 4.79 Å². The average molecular weight is 357 g/mol. The standard InChI is InChI=1S/C13H15N3O5S2/c1-21-9-2-4-10(5-3-9)23(19,20)16-11(8-17)12(18)15-13-14-6-7-22-13/h2-7,11,16-17H,8H2,1H3,(H,14,15,18). The maximum atomic E-state index is 12.3. The number of aromatic nitrogens is 1. The molecule has 23 heavy (non-hydrogen) atoms. The van der Waals surface area contributed by atoms with Crippen LogP contribution >= 0.6 is 11.3 Å². The van der Waals surface area contributed by atoms with E-state index in [9.17, 15) is 18.3 Å². The van der Waals surface area contributed by atoms with E-state index < -0.39 is 28.6 Å². The molecule has 0 radical (unpaired) electrons. The summed E-state index contributed by atoms with van der Waals surface area (Å²) in [6.07, 6.45) is 1.50. The Morgan fingerprint density at radius 2 is 2.09 bits per heavy atom. The topological polar surface area (TPSA) is 118 Å². The summed E-state index contributed by atoms with van der Waals surface area (Å²) < 4.78 is 31.6. The molecule has 3 N–H and O–H groups in total. The predicted molar refractivity (Wildman–Crippen MR) is 84.9 cm³/mol. The van der Waals surface area contributed by atoms with Gasteiger partial charge in [-0.15, -0.1) is 11.3 Å². The Morgan fingerprint density at radius 1 is 1.39 bits per heavy atom. The number of sulfonamides is 1. The summed E-state index contributed by atoms with van der Waals surface area (Å²) >= 11 is 1.18. The first kappa shape index (κ1) is 17.3. The number of rotatable bonds is 7. The van der Waals surface area contributed by atoms with Crippen LogP contribution < -0.4 is 14.8 Å². The first-order valence-corrected chi connectivity index (χ1v) is 8.80. The van der Waals surface area contributed by atoms with Crippen molar-refractivity contribution >= 4 is 32.4 Å². The molecule has 1 atom stereocenters. The van der Waals surface area contributed by atoms with Gasteiger partial charge in [0.05, 0.1) is 18.6 Å². The van der Waals surface area contributed by atoms with E-state index in [-0.39, 0.29) is 4.90 Å². The number of ether oxygens (including phenoxy) is 1. The molecule has 0 spiro atoms. The smallest absolute Gasteiger partial charge is 0.246 e. The highest BCUT2D eigenvalue weighted by Crippen LogP contribution is 2.16. The van der Waals surface area contributed by atoms with Gasteiger partial charge in [-0.25, -0.2) is 13.4 Å². The molecule has 0 saturated carbocycles. The molecular formula is C13H15N3O5S2. The van der Waals surface area contributed by atoms with Crippen LogP contribution in [0.5, 0.6) is 5.75 Å². The molecule has 1 aromatic carbocycles. The number of aliphatic hydroxyl groups excluding tert-OH is 1. The average Bonchev–Trinajstić information content (AvgIpc) is 3.05. The molecular weight excluding hydrogens is 342 g/mol. The van der Waals surface area contributed by atoms with Crippen molar-refractivity contribution in [2.75, 3.05) is 19.0 Å². The van der Waals surface area contributed by atoms with E-state index in [2.05, 4.69) is 15.0 Å². The van der Waals surface area contributed by atoms with Crippen molar-refractivity contribution in [3.8, 4) is 5.75 Å². The van der Waals surface area contributed by atoms with E-state index in [1.165, 1.54) is 48.9 Å². The Balaban J connectivity index is 2.10. The number of hydrogen-bond donors (Lipinski definition) is 3. The Bertz CT molecular complexity index is 744. The summed E-state index contributed by atoms with van der Waals surface area (Å²) in [7, 11) is -2.50. The number of nitrogens with zero attached hydrogens (tertiary/aromatic N) is 1. The molecule has 1 aromatic heterocycles. The Labute approximate surface area is 137 Å². The third kappa shape index (κ3) is 4.48. The molecule has 1 heterocycles. The normalized spacial score (nSPS) is 12.6. The quantitative estimate of drug-likeness (QED) is 0.661. The number of aliphatic hydroxyl groups is 1. The molecule has 1 amide bonds. The Morgan fingerprint density at radius 3 is 2.61 bits per heavy atom. The number of anilines is 1. The maximum Gasteiger partial charge on any atom is 0.246 e. The van der Waals surface area contributed by atoms with Crippen LogP contribution in [0, 0.1) is 0 Å². The summed E-state index contributed by atoms with van der Waals surface area (Å²) in [6, 6.07) is 4.32. The van der Waals surface area contributed by atoms with Gasteiger partial charge in [-0.2, -0.15) is 4.72 Å². The zero-order valence-corrected chi connectivity index (χ0v) is 13.7. The van der Waals surface area contributed by atoms with Gasteiger partial charge in [0.15, 0.2) is 5.13 Å². The highest BCUT2D eigenvalue weighted by molar-refractivity contribution is 7.89. The van der Waals surface area contributed by atoms with Gasteiger partial charge in [0.2, 0.25) is 15.9 Å². The summed E-state index contributed by atoms with van der Waals surface area (Å²) in [5.74, 6) is -0.191. The van der Waals surface area contributed by atoms with Crippen molar-refractivity contribution in [3.63, 3.8) is 0 Å². The lowest BCUT2D eigenvalue weighted by Crippen LogP contribution is -2.46. The number of amides is 1. The number of hydrogen-bond acceptors (Lipinski definition) is 7. The van der Waals surface area contributed by atoms with Crippen molar-refractivity contribution in [2.24, 2.45) is 0 Å². The fourth-order valence-corrected chi connectivity index (χ4v) is 3.38. The van der Waals surface area contributed by atoms with Crippen LogP contribution in [0.2, 0.25) is 0 Å². The van der Waals surface area contributed by atoms with Gasteiger partial charge in [-0.05, 0) is 24.3 Å². The minimum absolute atomic E-state index is 0.0428. The number of nitrogens with one attached hydrogen (secondary N) is 2. The van der Waals surface area contributed by atoms with Crippen molar-refractivity contribution in [3.05, 3.63) is 35.8 Å². The lowest BCUT2D eigenvalue weighted by molar-refractivity contribution is -0.118. The van der Waals surface area contributed by atoms with Gasteiger partial charge in [0.1, 0.15) is 11.8 Å². The van der Waals surface area contributed by atoms with Crippen molar-refractivity contribution in [1.29, 1.82) is 0 Å². The van der Waals surface area contributed by atoms with E-state index in [1.807, 2.05) is 0 Å². The lowest BCUT2D eigenvalue weighted by Gasteiger charge is -2.15. The number of carbonyl (C=O) groups is 1. The largest absolute Gasteiger partial charge is 0.497 e. The number of carbonyl (C=O) groups excluding carboxylic acids is 1. The minimum Gasteiger partial charge on any atom is -0.497 e. The van der Waals surface area contributed by atoms with Crippen LogP contribution in [0.1, 0.15) is 0 Å². The first-order valence-electron chi connectivity index (χ1n) is 6.44. The van der Waals surface area contributed by atoms with E-state index >= 15 is 0 Å². The maximum absolute atomic E-state index is 12.3. The third-order valence-corrected chi connectivity index (χ3v) is 5.00. The highest BCUT2D eigenvalue weighted by Gasteiger charge is 2.25. The van der Waals surface area contributed by atoms with Gasteiger partial charge in [0.25, 0.3) is 0 Å².